The Morgan fingerprint density at radius 1 is 1.17 bits per heavy atom. The lowest BCUT2D eigenvalue weighted by Gasteiger charge is -2.11. The molecule has 4 nitrogen and oxygen atoms in total. The Balaban J connectivity index is 1.88. The van der Waals surface area contributed by atoms with Crippen LogP contribution in [-0.4, -0.2) is 17.9 Å². The predicted octanol–water partition coefficient (Wildman–Crippen LogP) is 1.99. The van der Waals surface area contributed by atoms with Crippen LogP contribution in [0.1, 0.15) is 31.2 Å². The number of anilines is 1. The molecule has 0 heterocycles. The fraction of sp³-hybridized carbons (Fsp3) is 0.429. The molecule has 0 aromatic heterocycles. The van der Waals surface area contributed by atoms with E-state index in [9.17, 15) is 9.59 Å². The Hall–Kier alpha value is -1.84. The largest absolute Gasteiger partial charge is 0.345 e. The van der Waals surface area contributed by atoms with Crippen LogP contribution in [0.25, 0.3) is 0 Å². The maximum Gasteiger partial charge on any atom is 0.313 e. The van der Waals surface area contributed by atoms with Gasteiger partial charge in [-0.2, -0.15) is 0 Å². The first-order valence-electron chi connectivity index (χ1n) is 6.33. The summed E-state index contributed by atoms with van der Waals surface area (Å²) < 4.78 is 0. The number of carbonyl (C=O) groups excluding carboxylic acids is 2. The Labute approximate surface area is 107 Å². The van der Waals surface area contributed by atoms with Gasteiger partial charge in [-0.1, -0.05) is 25.0 Å². The number of hydrogen-bond acceptors (Lipinski definition) is 2. The summed E-state index contributed by atoms with van der Waals surface area (Å²) in [7, 11) is 0. The molecule has 0 radical (unpaired) electrons. The zero-order valence-electron chi connectivity index (χ0n) is 10.5. The Bertz CT molecular complexity index is 451. The highest BCUT2D eigenvalue weighted by Gasteiger charge is 2.21. The van der Waals surface area contributed by atoms with Crippen LogP contribution in [0.2, 0.25) is 0 Å². The molecule has 0 bridgehead atoms. The summed E-state index contributed by atoms with van der Waals surface area (Å²) in [5.74, 6) is -1.13. The van der Waals surface area contributed by atoms with E-state index in [1.807, 2.05) is 25.1 Å². The lowest BCUT2D eigenvalue weighted by molar-refractivity contribution is -0.136. The van der Waals surface area contributed by atoms with Crippen LogP contribution >= 0.6 is 0 Å². The minimum atomic E-state index is -0.590. The molecule has 1 aromatic rings. The van der Waals surface area contributed by atoms with Crippen molar-refractivity contribution in [2.24, 2.45) is 0 Å². The molecule has 2 rings (SSSR count). The number of aryl methyl sites for hydroxylation is 1. The molecule has 1 aliphatic carbocycles. The highest BCUT2D eigenvalue weighted by molar-refractivity contribution is 6.39. The number of benzene rings is 1. The quantitative estimate of drug-likeness (QED) is 0.784. The van der Waals surface area contributed by atoms with Crippen molar-refractivity contribution in [3.05, 3.63) is 29.8 Å². The lowest BCUT2D eigenvalue weighted by Crippen LogP contribution is -2.40. The lowest BCUT2D eigenvalue weighted by atomic mass is 10.2. The molecule has 1 saturated carbocycles. The van der Waals surface area contributed by atoms with Crippen LogP contribution < -0.4 is 10.6 Å². The van der Waals surface area contributed by atoms with E-state index in [-0.39, 0.29) is 6.04 Å². The monoisotopic (exact) mass is 246 g/mol. The van der Waals surface area contributed by atoms with Gasteiger partial charge in [0.15, 0.2) is 0 Å². The minimum Gasteiger partial charge on any atom is -0.345 e. The summed E-state index contributed by atoms with van der Waals surface area (Å²) in [5.41, 5.74) is 1.70. The maximum absolute atomic E-state index is 11.7. The summed E-state index contributed by atoms with van der Waals surface area (Å²) in [6.45, 7) is 1.94. The Kier molecular flexibility index (Phi) is 3.97. The van der Waals surface area contributed by atoms with Gasteiger partial charge in [-0.05, 0) is 37.5 Å². The van der Waals surface area contributed by atoms with Gasteiger partial charge in [-0.3, -0.25) is 9.59 Å². The van der Waals surface area contributed by atoms with Crippen molar-refractivity contribution in [2.75, 3.05) is 5.32 Å². The normalized spacial score (nSPS) is 15.4. The number of carbonyl (C=O) groups is 2. The molecule has 0 atom stereocenters. The van der Waals surface area contributed by atoms with Crippen molar-refractivity contribution in [3.8, 4) is 0 Å². The van der Waals surface area contributed by atoms with Crippen molar-refractivity contribution in [1.29, 1.82) is 0 Å². The SMILES string of the molecule is Cc1cccc(NC(=O)C(=O)NC2CCCC2)c1. The van der Waals surface area contributed by atoms with Gasteiger partial charge in [0.1, 0.15) is 0 Å². The average Bonchev–Trinajstić information content (AvgIpc) is 2.81. The summed E-state index contributed by atoms with van der Waals surface area (Å²) >= 11 is 0. The van der Waals surface area contributed by atoms with Gasteiger partial charge in [0, 0.05) is 11.7 Å². The number of rotatable bonds is 2. The van der Waals surface area contributed by atoms with E-state index >= 15 is 0 Å². The third-order valence-electron chi connectivity index (χ3n) is 3.17. The van der Waals surface area contributed by atoms with Gasteiger partial charge in [0.05, 0.1) is 0 Å². The summed E-state index contributed by atoms with van der Waals surface area (Å²) in [6, 6.07) is 7.56. The maximum atomic E-state index is 11.7. The Morgan fingerprint density at radius 2 is 1.89 bits per heavy atom. The van der Waals surface area contributed by atoms with Crippen LogP contribution in [-0.2, 0) is 9.59 Å². The third kappa shape index (κ3) is 3.32. The van der Waals surface area contributed by atoms with E-state index in [1.165, 1.54) is 0 Å². The van der Waals surface area contributed by atoms with Gasteiger partial charge in [0.25, 0.3) is 0 Å². The summed E-state index contributed by atoms with van der Waals surface area (Å²) in [4.78, 5) is 23.4. The van der Waals surface area contributed by atoms with Crippen molar-refractivity contribution in [3.63, 3.8) is 0 Å². The van der Waals surface area contributed by atoms with Crippen molar-refractivity contribution < 1.29 is 9.59 Å². The molecule has 0 spiro atoms. The molecule has 2 amide bonds. The summed E-state index contributed by atoms with van der Waals surface area (Å²) in [6.07, 6.45) is 4.21. The number of hydrogen-bond donors (Lipinski definition) is 2. The van der Waals surface area contributed by atoms with Crippen LogP contribution in [0.15, 0.2) is 24.3 Å². The van der Waals surface area contributed by atoms with Crippen molar-refractivity contribution in [2.45, 2.75) is 38.6 Å². The van der Waals surface area contributed by atoms with Gasteiger partial charge in [-0.25, -0.2) is 0 Å². The standard InChI is InChI=1S/C14H18N2O2/c1-10-5-4-8-12(9-10)16-14(18)13(17)15-11-6-2-3-7-11/h4-5,8-9,11H,2-3,6-7H2,1H3,(H,15,17)(H,16,18). The van der Waals surface area contributed by atoms with Gasteiger partial charge >= 0.3 is 11.8 Å². The molecule has 1 aliphatic rings. The van der Waals surface area contributed by atoms with Crippen LogP contribution in [0.5, 0.6) is 0 Å². The molecule has 1 fully saturated rings. The summed E-state index contributed by atoms with van der Waals surface area (Å²) in [5, 5.41) is 5.37. The third-order valence-corrected chi connectivity index (χ3v) is 3.17. The van der Waals surface area contributed by atoms with Gasteiger partial charge in [-0.15, -0.1) is 0 Å². The van der Waals surface area contributed by atoms with Crippen LogP contribution in [0.3, 0.4) is 0 Å². The minimum absolute atomic E-state index is 0.167. The molecule has 2 N–H and O–H groups in total. The predicted molar refractivity (Wildman–Crippen MR) is 70.2 cm³/mol. The van der Waals surface area contributed by atoms with Crippen LogP contribution in [0.4, 0.5) is 5.69 Å². The molecule has 4 heteroatoms. The molecular formula is C14H18N2O2. The average molecular weight is 246 g/mol. The second kappa shape index (κ2) is 5.67. The topological polar surface area (TPSA) is 58.2 Å². The van der Waals surface area contributed by atoms with E-state index in [4.69, 9.17) is 0 Å². The smallest absolute Gasteiger partial charge is 0.313 e. The number of nitrogens with one attached hydrogen (secondary N) is 2. The molecular weight excluding hydrogens is 228 g/mol. The van der Waals surface area contributed by atoms with E-state index in [0.717, 1.165) is 31.2 Å². The van der Waals surface area contributed by atoms with Gasteiger partial charge in [0.2, 0.25) is 0 Å². The van der Waals surface area contributed by atoms with E-state index in [0.29, 0.717) is 5.69 Å². The highest BCUT2D eigenvalue weighted by atomic mass is 16.2. The van der Waals surface area contributed by atoms with E-state index < -0.39 is 11.8 Å². The first-order valence-corrected chi connectivity index (χ1v) is 6.33. The second-order valence-electron chi connectivity index (χ2n) is 4.78. The van der Waals surface area contributed by atoms with Crippen LogP contribution in [0, 0.1) is 6.92 Å². The first kappa shape index (κ1) is 12.6. The molecule has 96 valence electrons. The van der Waals surface area contributed by atoms with Gasteiger partial charge < -0.3 is 10.6 Å². The fourth-order valence-electron chi connectivity index (χ4n) is 2.23. The van der Waals surface area contributed by atoms with E-state index in [1.54, 1.807) is 6.07 Å². The number of amides is 2. The molecule has 18 heavy (non-hydrogen) atoms. The molecule has 0 unspecified atom stereocenters. The van der Waals surface area contributed by atoms with Crippen molar-refractivity contribution >= 4 is 17.5 Å². The fourth-order valence-corrected chi connectivity index (χ4v) is 2.23. The molecule has 0 saturated heterocycles. The van der Waals surface area contributed by atoms with Crippen molar-refractivity contribution in [1.82, 2.24) is 5.32 Å². The Morgan fingerprint density at radius 3 is 2.56 bits per heavy atom. The highest BCUT2D eigenvalue weighted by Crippen LogP contribution is 2.17. The first-order chi connectivity index (χ1) is 8.65. The zero-order chi connectivity index (χ0) is 13.0. The zero-order valence-corrected chi connectivity index (χ0v) is 10.5. The second-order valence-corrected chi connectivity index (χ2v) is 4.78. The van der Waals surface area contributed by atoms with E-state index in [2.05, 4.69) is 10.6 Å². The molecule has 0 aliphatic heterocycles. The molecule has 1 aromatic carbocycles.